The molecule has 3 heterocycles. The van der Waals surface area contributed by atoms with Gasteiger partial charge in [0.25, 0.3) is 0 Å². The van der Waals surface area contributed by atoms with Crippen LogP contribution < -0.4 is 11.1 Å². The molecular formula is C23H27F2N5O3S. The Kier molecular flexibility index (Phi) is 7.17. The normalized spacial score (nSPS) is 19.5. The van der Waals surface area contributed by atoms with E-state index in [2.05, 4.69) is 20.2 Å². The molecule has 182 valence electrons. The van der Waals surface area contributed by atoms with Gasteiger partial charge in [0, 0.05) is 35.7 Å². The number of halogens is 2. The third kappa shape index (κ3) is 5.54. The van der Waals surface area contributed by atoms with E-state index in [4.69, 9.17) is 10.5 Å². The van der Waals surface area contributed by atoms with Crippen LogP contribution in [-0.4, -0.2) is 52.2 Å². The summed E-state index contributed by atoms with van der Waals surface area (Å²) in [4.78, 5) is 23.1. The summed E-state index contributed by atoms with van der Waals surface area (Å²) in [5.41, 5.74) is 4.39. The van der Waals surface area contributed by atoms with Crippen LogP contribution >= 0.6 is 11.8 Å². The molecule has 1 aromatic heterocycles. The second-order valence-corrected chi connectivity index (χ2v) is 9.98. The fourth-order valence-corrected chi connectivity index (χ4v) is 5.24. The number of morpholine rings is 1. The molecule has 0 saturated carbocycles. The molecule has 1 aromatic carbocycles. The fourth-order valence-electron chi connectivity index (χ4n) is 3.88. The van der Waals surface area contributed by atoms with Crippen molar-refractivity contribution in [2.75, 3.05) is 31.6 Å². The van der Waals surface area contributed by atoms with E-state index in [1.165, 1.54) is 13.8 Å². The van der Waals surface area contributed by atoms with Crippen LogP contribution in [0.15, 0.2) is 35.0 Å². The monoisotopic (exact) mass is 491 g/mol. The highest BCUT2D eigenvalue weighted by Gasteiger charge is 2.34. The van der Waals surface area contributed by atoms with Crippen molar-refractivity contribution in [2.45, 2.75) is 37.7 Å². The standard InChI is InChI=1S/C23H27F2N5O3S/c1-23(2,32)13-9-15(24)20(16(25)10-13)17-11-14(21(26)31)22(34-17)29-18-3-4-27-19(28-18)12-30-5-7-33-8-6-30/h3-4,9-10,17,32H,5-8,11-12H2,1-2H3,(H2,26,31)(H,27,28,29). The Bertz CT molecular complexity index is 1090. The molecule has 0 spiro atoms. The van der Waals surface area contributed by atoms with E-state index in [-0.39, 0.29) is 23.1 Å². The van der Waals surface area contributed by atoms with E-state index in [1.54, 1.807) is 12.3 Å². The molecule has 4 rings (SSSR count). The van der Waals surface area contributed by atoms with Crippen molar-refractivity contribution in [1.82, 2.24) is 14.9 Å². The van der Waals surface area contributed by atoms with Gasteiger partial charge in [0.15, 0.2) is 0 Å². The fraction of sp³-hybridized carbons (Fsp3) is 0.435. The second kappa shape index (κ2) is 9.95. The van der Waals surface area contributed by atoms with Gasteiger partial charge in [-0.15, -0.1) is 0 Å². The van der Waals surface area contributed by atoms with Crippen molar-refractivity contribution in [3.8, 4) is 0 Å². The summed E-state index contributed by atoms with van der Waals surface area (Å²) < 4.78 is 35.2. The molecule has 0 aliphatic carbocycles. The van der Waals surface area contributed by atoms with Crippen molar-refractivity contribution in [3.63, 3.8) is 0 Å². The van der Waals surface area contributed by atoms with Crippen molar-refractivity contribution >= 4 is 23.5 Å². The summed E-state index contributed by atoms with van der Waals surface area (Å²) in [7, 11) is 0. The van der Waals surface area contributed by atoms with Crippen LogP contribution in [0.3, 0.4) is 0 Å². The van der Waals surface area contributed by atoms with Gasteiger partial charge < -0.3 is 20.9 Å². The first-order valence-corrected chi connectivity index (χ1v) is 11.8. The lowest BCUT2D eigenvalue weighted by molar-refractivity contribution is -0.114. The maximum atomic E-state index is 14.9. The first-order valence-electron chi connectivity index (χ1n) is 10.9. The predicted octanol–water partition coefficient (Wildman–Crippen LogP) is 2.80. The molecule has 11 heteroatoms. The van der Waals surface area contributed by atoms with Crippen LogP contribution in [0.5, 0.6) is 0 Å². The topological polar surface area (TPSA) is 114 Å². The Morgan fingerprint density at radius 3 is 2.62 bits per heavy atom. The predicted molar refractivity (Wildman–Crippen MR) is 125 cm³/mol. The molecule has 8 nitrogen and oxygen atoms in total. The molecule has 4 N–H and O–H groups in total. The number of ether oxygens (including phenoxy) is 1. The molecule has 1 amide bonds. The minimum absolute atomic E-state index is 0.0593. The number of primary amides is 1. The summed E-state index contributed by atoms with van der Waals surface area (Å²) in [6.45, 7) is 6.37. The highest BCUT2D eigenvalue weighted by molar-refractivity contribution is 8.03. The number of nitrogens with zero attached hydrogens (tertiary/aromatic N) is 3. The SMILES string of the molecule is CC(C)(O)c1cc(F)c(C2CC(C(N)=O)=C(Nc3ccnc(CN4CCOCC4)n3)S2)c(F)c1. The van der Waals surface area contributed by atoms with Gasteiger partial charge in [-0.2, -0.15) is 0 Å². The molecule has 1 unspecified atom stereocenters. The van der Waals surface area contributed by atoms with E-state index in [0.29, 0.717) is 36.4 Å². The third-order valence-electron chi connectivity index (χ3n) is 5.74. The molecule has 2 aliphatic heterocycles. The van der Waals surface area contributed by atoms with E-state index in [1.807, 2.05) is 0 Å². The number of nitrogens with one attached hydrogen (secondary N) is 1. The molecule has 0 bridgehead atoms. The van der Waals surface area contributed by atoms with Gasteiger partial charge in [0.2, 0.25) is 5.91 Å². The summed E-state index contributed by atoms with van der Waals surface area (Å²) in [5, 5.41) is 12.9. The summed E-state index contributed by atoms with van der Waals surface area (Å²) in [6, 6.07) is 3.90. The zero-order valence-corrected chi connectivity index (χ0v) is 19.8. The van der Waals surface area contributed by atoms with Crippen LogP contribution in [0.2, 0.25) is 0 Å². The van der Waals surface area contributed by atoms with Crippen molar-refractivity contribution in [3.05, 3.63) is 63.6 Å². The highest BCUT2D eigenvalue weighted by Crippen LogP contribution is 2.49. The molecular weight excluding hydrogens is 464 g/mol. The van der Waals surface area contributed by atoms with Crippen LogP contribution in [0.1, 0.15) is 42.5 Å². The Labute approximate surface area is 200 Å². The average molecular weight is 492 g/mol. The number of thioether (sulfide) groups is 1. The van der Waals surface area contributed by atoms with Gasteiger partial charge in [-0.1, -0.05) is 11.8 Å². The van der Waals surface area contributed by atoms with Crippen LogP contribution in [0.4, 0.5) is 14.6 Å². The molecule has 34 heavy (non-hydrogen) atoms. The van der Waals surface area contributed by atoms with E-state index < -0.39 is 28.4 Å². The van der Waals surface area contributed by atoms with E-state index in [0.717, 1.165) is 37.0 Å². The van der Waals surface area contributed by atoms with Gasteiger partial charge in [-0.3, -0.25) is 9.69 Å². The van der Waals surface area contributed by atoms with E-state index >= 15 is 0 Å². The number of hydrogen-bond donors (Lipinski definition) is 3. The Morgan fingerprint density at radius 1 is 1.32 bits per heavy atom. The number of benzene rings is 1. The van der Waals surface area contributed by atoms with Gasteiger partial charge in [0.1, 0.15) is 23.3 Å². The molecule has 1 fully saturated rings. The minimum Gasteiger partial charge on any atom is -0.386 e. The molecule has 1 saturated heterocycles. The van der Waals surface area contributed by atoms with Crippen LogP contribution in [0, 0.1) is 11.6 Å². The number of carbonyl (C=O) groups excluding carboxylic acids is 1. The average Bonchev–Trinajstić information content (AvgIpc) is 3.17. The zero-order valence-electron chi connectivity index (χ0n) is 19.0. The third-order valence-corrected chi connectivity index (χ3v) is 7.02. The lowest BCUT2D eigenvalue weighted by atomic mass is 9.94. The minimum atomic E-state index is -1.39. The van der Waals surface area contributed by atoms with E-state index in [9.17, 15) is 18.7 Å². The second-order valence-electron chi connectivity index (χ2n) is 8.77. The molecule has 1 atom stereocenters. The summed E-state index contributed by atoms with van der Waals surface area (Å²) >= 11 is 1.12. The zero-order chi connectivity index (χ0) is 24.5. The number of amides is 1. The maximum Gasteiger partial charge on any atom is 0.247 e. The number of aliphatic hydroxyl groups is 1. The largest absolute Gasteiger partial charge is 0.386 e. The Morgan fingerprint density at radius 2 is 2.00 bits per heavy atom. The Hall–Kier alpha value is -2.60. The van der Waals surface area contributed by atoms with Crippen molar-refractivity contribution in [2.24, 2.45) is 5.73 Å². The smallest absolute Gasteiger partial charge is 0.247 e. The first-order chi connectivity index (χ1) is 16.1. The number of aromatic nitrogens is 2. The molecule has 0 radical (unpaired) electrons. The van der Waals surface area contributed by atoms with Crippen LogP contribution in [-0.2, 0) is 21.7 Å². The maximum absolute atomic E-state index is 14.9. The number of nitrogens with two attached hydrogens (primary N) is 1. The van der Waals surface area contributed by atoms with Gasteiger partial charge in [-0.05, 0) is 44.0 Å². The number of hydrogen-bond acceptors (Lipinski definition) is 8. The van der Waals surface area contributed by atoms with Crippen LogP contribution in [0.25, 0.3) is 0 Å². The molecule has 2 aliphatic rings. The van der Waals surface area contributed by atoms with Gasteiger partial charge in [-0.25, -0.2) is 18.7 Å². The summed E-state index contributed by atoms with van der Waals surface area (Å²) in [6.07, 6.45) is 1.67. The number of carbonyl (C=O) groups is 1. The quantitative estimate of drug-likeness (QED) is 0.542. The highest BCUT2D eigenvalue weighted by atomic mass is 32.2. The van der Waals surface area contributed by atoms with Gasteiger partial charge in [0.05, 0.1) is 30.4 Å². The van der Waals surface area contributed by atoms with Crippen molar-refractivity contribution < 1.29 is 23.4 Å². The van der Waals surface area contributed by atoms with Crippen molar-refractivity contribution in [1.29, 1.82) is 0 Å². The Balaban J connectivity index is 1.53. The number of rotatable bonds is 7. The molecule has 2 aromatic rings. The summed E-state index contributed by atoms with van der Waals surface area (Å²) in [5.74, 6) is -1.18. The number of anilines is 1. The first kappa shape index (κ1) is 24.5. The lowest BCUT2D eigenvalue weighted by Gasteiger charge is -2.25. The lowest BCUT2D eigenvalue weighted by Crippen LogP contribution is -2.36. The van der Waals surface area contributed by atoms with Gasteiger partial charge >= 0.3 is 0 Å².